The highest BCUT2D eigenvalue weighted by Crippen LogP contribution is 2.39. The largest absolute Gasteiger partial charge is 0.494 e. The number of hydrogen-bond acceptors (Lipinski definition) is 9. The highest BCUT2D eigenvalue weighted by molar-refractivity contribution is 5.92. The second-order valence-corrected chi connectivity index (χ2v) is 11.5. The van der Waals surface area contributed by atoms with Crippen LogP contribution in [-0.2, 0) is 4.79 Å². The third kappa shape index (κ3) is 7.62. The van der Waals surface area contributed by atoms with Crippen molar-refractivity contribution in [2.75, 3.05) is 25.1 Å². The number of aromatic nitrogens is 2. The molecule has 0 aliphatic rings. The number of nitro benzene ring substituents is 1. The van der Waals surface area contributed by atoms with E-state index in [0.29, 0.717) is 23.1 Å². The van der Waals surface area contributed by atoms with Crippen LogP contribution < -0.4 is 25.1 Å². The number of carbonyl (C=O) groups is 1. The molecule has 13 heteroatoms. The molecule has 0 saturated carbocycles. The summed E-state index contributed by atoms with van der Waals surface area (Å²) >= 11 is 0. The molecule has 1 amide bonds. The fourth-order valence-electron chi connectivity index (χ4n) is 5.31. The second-order valence-electron chi connectivity index (χ2n) is 11.5. The standard InChI is InChI=1S/C37H36FN5O7/c1-6-48-32-16-23(5)27(19-26(32)22(3)4)36-41-29-14-10-8-12-25(29)37(45)42(36)39-20-24-17-31(43(46)47)35(33(18-24)49-7-2)50-21-34(44)40-30-15-11-9-13-28(30)38/h8-20,22H,6-7,21H2,1-5H3,(H,40,44). The molecule has 0 bridgehead atoms. The molecule has 0 radical (unpaired) electrons. The van der Waals surface area contributed by atoms with Crippen molar-refractivity contribution < 1.29 is 28.3 Å². The Balaban J connectivity index is 1.58. The number of benzene rings is 4. The summed E-state index contributed by atoms with van der Waals surface area (Å²) < 4.78 is 32.3. The van der Waals surface area contributed by atoms with Crippen molar-refractivity contribution in [2.24, 2.45) is 5.10 Å². The molecule has 4 aromatic carbocycles. The molecule has 0 spiro atoms. The van der Waals surface area contributed by atoms with E-state index in [1.807, 2.05) is 39.8 Å². The molecule has 5 rings (SSSR count). The highest BCUT2D eigenvalue weighted by atomic mass is 19.1. The smallest absolute Gasteiger partial charge is 0.315 e. The van der Waals surface area contributed by atoms with E-state index in [2.05, 4.69) is 10.4 Å². The van der Waals surface area contributed by atoms with Gasteiger partial charge in [0.2, 0.25) is 5.75 Å². The molecule has 1 heterocycles. The van der Waals surface area contributed by atoms with Crippen molar-refractivity contribution in [1.29, 1.82) is 0 Å². The predicted octanol–water partition coefficient (Wildman–Crippen LogP) is 7.24. The zero-order chi connectivity index (χ0) is 35.9. The molecule has 1 N–H and O–H groups in total. The Bertz CT molecular complexity index is 2160. The minimum atomic E-state index is -0.738. The molecule has 0 unspecified atom stereocenters. The van der Waals surface area contributed by atoms with Crippen LogP contribution in [0.1, 0.15) is 50.3 Å². The van der Waals surface area contributed by atoms with Crippen LogP contribution in [0.3, 0.4) is 0 Å². The summed E-state index contributed by atoms with van der Waals surface area (Å²) in [5, 5.41) is 19.4. The fourth-order valence-corrected chi connectivity index (χ4v) is 5.31. The van der Waals surface area contributed by atoms with Crippen LogP contribution >= 0.6 is 0 Å². The van der Waals surface area contributed by atoms with Gasteiger partial charge >= 0.3 is 5.69 Å². The van der Waals surface area contributed by atoms with Crippen LogP contribution in [0.4, 0.5) is 15.8 Å². The minimum Gasteiger partial charge on any atom is -0.494 e. The van der Waals surface area contributed by atoms with Crippen molar-refractivity contribution in [2.45, 2.75) is 40.5 Å². The number of halogens is 1. The first-order valence-corrected chi connectivity index (χ1v) is 16.0. The lowest BCUT2D eigenvalue weighted by atomic mass is 9.96. The van der Waals surface area contributed by atoms with Crippen LogP contribution in [0, 0.1) is 22.9 Å². The Morgan fingerprint density at radius 2 is 1.72 bits per heavy atom. The van der Waals surface area contributed by atoms with Crippen molar-refractivity contribution in [3.63, 3.8) is 0 Å². The van der Waals surface area contributed by atoms with Gasteiger partial charge in [0.05, 0.1) is 40.9 Å². The van der Waals surface area contributed by atoms with E-state index in [1.165, 1.54) is 41.2 Å². The van der Waals surface area contributed by atoms with E-state index in [9.17, 15) is 24.1 Å². The molecule has 0 aliphatic heterocycles. The van der Waals surface area contributed by atoms with Gasteiger partial charge in [0.15, 0.2) is 18.2 Å². The monoisotopic (exact) mass is 681 g/mol. The van der Waals surface area contributed by atoms with Gasteiger partial charge in [-0.3, -0.25) is 19.7 Å². The maximum Gasteiger partial charge on any atom is 0.315 e. The van der Waals surface area contributed by atoms with Crippen molar-refractivity contribution in [3.8, 4) is 28.6 Å². The molecule has 1 aromatic heterocycles. The Labute approximate surface area is 287 Å². The van der Waals surface area contributed by atoms with E-state index in [4.69, 9.17) is 19.2 Å². The number of para-hydroxylation sites is 2. The minimum absolute atomic E-state index is 0.0324. The quantitative estimate of drug-likeness (QED) is 0.0777. The average molecular weight is 682 g/mol. The summed E-state index contributed by atoms with van der Waals surface area (Å²) in [6.07, 6.45) is 1.29. The zero-order valence-corrected chi connectivity index (χ0v) is 28.2. The second kappa shape index (κ2) is 15.4. The Kier molecular flexibility index (Phi) is 10.8. The van der Waals surface area contributed by atoms with Crippen molar-refractivity contribution in [3.05, 3.63) is 116 Å². The molecule has 0 fully saturated rings. The van der Waals surface area contributed by atoms with Crippen molar-refractivity contribution >= 4 is 34.4 Å². The van der Waals surface area contributed by atoms with E-state index in [-0.39, 0.29) is 41.1 Å². The maximum absolute atomic E-state index is 14.0. The van der Waals surface area contributed by atoms with Gasteiger partial charge < -0.3 is 19.5 Å². The number of anilines is 1. The first-order valence-electron chi connectivity index (χ1n) is 16.0. The lowest BCUT2D eigenvalue weighted by Crippen LogP contribution is -2.21. The summed E-state index contributed by atoms with van der Waals surface area (Å²) in [6.45, 7) is 9.51. The SMILES string of the molecule is CCOc1cc(C)c(-c2nc3ccccc3c(=O)n2N=Cc2cc(OCC)c(OCC(=O)Nc3ccccc3F)c([N+](=O)[O-])c2)cc1C(C)C. The van der Waals surface area contributed by atoms with Crippen molar-refractivity contribution in [1.82, 2.24) is 9.66 Å². The maximum atomic E-state index is 14.0. The van der Waals surface area contributed by atoms with Gasteiger partial charge in [0.1, 0.15) is 11.6 Å². The summed E-state index contributed by atoms with van der Waals surface area (Å²) in [5.41, 5.74) is 2.07. The van der Waals surface area contributed by atoms with Crippen LogP contribution in [0.5, 0.6) is 17.2 Å². The lowest BCUT2D eigenvalue weighted by Gasteiger charge is -2.18. The number of hydrogen-bond donors (Lipinski definition) is 1. The van der Waals surface area contributed by atoms with Crippen LogP contribution in [-0.4, -0.2) is 46.5 Å². The Morgan fingerprint density at radius 1 is 1.02 bits per heavy atom. The zero-order valence-electron chi connectivity index (χ0n) is 28.2. The fraction of sp³-hybridized carbons (Fsp3) is 0.243. The Morgan fingerprint density at radius 3 is 2.42 bits per heavy atom. The number of amides is 1. The summed E-state index contributed by atoms with van der Waals surface area (Å²) in [6, 6.07) is 19.0. The van der Waals surface area contributed by atoms with Gasteiger partial charge in [0, 0.05) is 17.2 Å². The van der Waals surface area contributed by atoms with Gasteiger partial charge in [-0.2, -0.15) is 9.78 Å². The molecule has 50 heavy (non-hydrogen) atoms. The van der Waals surface area contributed by atoms with Gasteiger partial charge in [-0.25, -0.2) is 9.37 Å². The van der Waals surface area contributed by atoms with E-state index < -0.39 is 34.5 Å². The van der Waals surface area contributed by atoms with Gasteiger partial charge in [0.25, 0.3) is 11.5 Å². The number of aryl methyl sites for hydroxylation is 1. The summed E-state index contributed by atoms with van der Waals surface area (Å²) in [5.74, 6) is -0.601. The van der Waals surface area contributed by atoms with Gasteiger partial charge in [-0.1, -0.05) is 38.1 Å². The average Bonchev–Trinajstić information content (AvgIpc) is 3.08. The van der Waals surface area contributed by atoms with Gasteiger partial charge in [-0.05, 0) is 80.3 Å². The normalized spacial score (nSPS) is 11.3. The first kappa shape index (κ1) is 35.2. The third-order valence-electron chi connectivity index (χ3n) is 7.65. The number of nitrogens with one attached hydrogen (secondary N) is 1. The number of ether oxygens (including phenoxy) is 3. The van der Waals surface area contributed by atoms with E-state index in [1.54, 1.807) is 37.3 Å². The van der Waals surface area contributed by atoms with E-state index >= 15 is 0 Å². The number of fused-ring (bicyclic) bond motifs is 1. The van der Waals surface area contributed by atoms with Crippen LogP contribution in [0.25, 0.3) is 22.3 Å². The Hall–Kier alpha value is -6.11. The molecule has 0 aliphatic carbocycles. The van der Waals surface area contributed by atoms with Crippen LogP contribution in [0.2, 0.25) is 0 Å². The third-order valence-corrected chi connectivity index (χ3v) is 7.65. The number of nitro groups is 1. The summed E-state index contributed by atoms with van der Waals surface area (Å²) in [7, 11) is 0. The lowest BCUT2D eigenvalue weighted by molar-refractivity contribution is -0.385. The molecule has 12 nitrogen and oxygen atoms in total. The number of rotatable bonds is 13. The molecular formula is C37H36FN5O7. The highest BCUT2D eigenvalue weighted by Gasteiger charge is 2.24. The summed E-state index contributed by atoms with van der Waals surface area (Å²) in [4.78, 5) is 42.8. The number of carbonyl (C=O) groups excluding carboxylic acids is 1. The molecule has 0 saturated heterocycles. The molecule has 0 atom stereocenters. The molecule has 258 valence electrons. The van der Waals surface area contributed by atoms with Gasteiger partial charge in [-0.15, -0.1) is 0 Å². The number of nitrogens with zero attached hydrogens (tertiary/aromatic N) is 4. The van der Waals surface area contributed by atoms with E-state index in [0.717, 1.165) is 16.9 Å². The topological polar surface area (TPSA) is 147 Å². The van der Waals surface area contributed by atoms with Crippen LogP contribution in [0.15, 0.2) is 82.7 Å². The molecule has 5 aromatic rings. The predicted molar refractivity (Wildman–Crippen MR) is 189 cm³/mol. The molecular weight excluding hydrogens is 645 g/mol. The first-order chi connectivity index (χ1) is 24.0.